The molecule has 3 rings (SSSR count). The molecule has 0 spiro atoms. The van der Waals surface area contributed by atoms with Crippen LogP contribution < -0.4 is 4.74 Å². The number of piperidine rings is 2. The van der Waals surface area contributed by atoms with Crippen LogP contribution in [0.15, 0.2) is 24.3 Å². The van der Waals surface area contributed by atoms with Gasteiger partial charge in [0, 0.05) is 37.5 Å². The van der Waals surface area contributed by atoms with E-state index in [1.165, 1.54) is 31.5 Å². The van der Waals surface area contributed by atoms with E-state index in [1.54, 1.807) is 0 Å². The first-order valence-corrected chi connectivity index (χ1v) is 12.4. The molecule has 0 aliphatic carbocycles. The van der Waals surface area contributed by atoms with Gasteiger partial charge in [-0.05, 0) is 83.4 Å². The van der Waals surface area contributed by atoms with E-state index in [0.29, 0.717) is 24.5 Å². The molecule has 2 aliphatic heterocycles. The first-order valence-electron chi connectivity index (χ1n) is 12.4. The molecule has 2 fully saturated rings. The number of amides is 1. The van der Waals surface area contributed by atoms with Crippen molar-refractivity contribution in [2.24, 2.45) is 11.8 Å². The maximum absolute atomic E-state index is 12.8. The van der Waals surface area contributed by atoms with Crippen molar-refractivity contribution in [3.8, 4) is 5.75 Å². The molecule has 2 heterocycles. The van der Waals surface area contributed by atoms with Crippen molar-refractivity contribution in [2.75, 3.05) is 46.9 Å². The highest BCUT2D eigenvalue weighted by Gasteiger charge is 2.27. The molecule has 1 atom stereocenters. The summed E-state index contributed by atoms with van der Waals surface area (Å²) in [5, 5.41) is 0. The molecule has 174 valence electrons. The maximum atomic E-state index is 12.8. The lowest BCUT2D eigenvalue weighted by Crippen LogP contribution is -2.44. The standard InChI is InChI=1S/C26H43N3O2/c1-5-23(6-2)26(30)29-14-8-10-22(19-29)20-31-25-11-7-9-21(17-25)18-28(4)24-12-15-27(3)16-13-24/h7,9,11,17,22-24H,5-6,8,10,12-16,18-20H2,1-4H3/t22-/m0/s1. The molecular weight excluding hydrogens is 386 g/mol. The summed E-state index contributed by atoms with van der Waals surface area (Å²) in [5.74, 6) is 1.90. The molecule has 5 nitrogen and oxygen atoms in total. The summed E-state index contributed by atoms with van der Waals surface area (Å²) in [4.78, 5) is 19.8. The number of carbonyl (C=O) groups is 1. The third kappa shape index (κ3) is 6.95. The largest absolute Gasteiger partial charge is 0.493 e. The summed E-state index contributed by atoms with van der Waals surface area (Å²) in [7, 11) is 4.46. The predicted octanol–water partition coefficient (Wildman–Crippen LogP) is 4.27. The quantitative estimate of drug-likeness (QED) is 0.587. The smallest absolute Gasteiger partial charge is 0.225 e. The fourth-order valence-corrected chi connectivity index (χ4v) is 5.10. The second kappa shape index (κ2) is 11.9. The van der Waals surface area contributed by atoms with E-state index >= 15 is 0 Å². The van der Waals surface area contributed by atoms with Gasteiger partial charge in [0.15, 0.2) is 0 Å². The van der Waals surface area contributed by atoms with Gasteiger partial charge in [0.2, 0.25) is 5.91 Å². The van der Waals surface area contributed by atoms with Gasteiger partial charge in [-0.1, -0.05) is 26.0 Å². The first-order chi connectivity index (χ1) is 15.0. The van der Waals surface area contributed by atoms with E-state index < -0.39 is 0 Å². The van der Waals surface area contributed by atoms with Crippen LogP contribution in [0.5, 0.6) is 5.75 Å². The van der Waals surface area contributed by atoms with Crippen LogP contribution in [0.1, 0.15) is 57.9 Å². The zero-order chi connectivity index (χ0) is 22.2. The Morgan fingerprint density at radius 1 is 1.16 bits per heavy atom. The number of ether oxygens (including phenoxy) is 1. The van der Waals surface area contributed by atoms with Gasteiger partial charge in [-0.25, -0.2) is 0 Å². The lowest BCUT2D eigenvalue weighted by molar-refractivity contribution is -0.137. The fraction of sp³-hybridized carbons (Fsp3) is 0.731. The molecule has 1 aromatic rings. The van der Waals surface area contributed by atoms with Crippen molar-refractivity contribution >= 4 is 5.91 Å². The summed E-state index contributed by atoms with van der Waals surface area (Å²) < 4.78 is 6.21. The number of hydrogen-bond acceptors (Lipinski definition) is 4. The monoisotopic (exact) mass is 429 g/mol. The third-order valence-electron chi connectivity index (χ3n) is 7.29. The Kier molecular flexibility index (Phi) is 9.21. The zero-order valence-electron chi connectivity index (χ0n) is 20.2. The highest BCUT2D eigenvalue weighted by Crippen LogP contribution is 2.23. The minimum absolute atomic E-state index is 0.179. The maximum Gasteiger partial charge on any atom is 0.225 e. The van der Waals surface area contributed by atoms with Crippen molar-refractivity contribution in [1.29, 1.82) is 0 Å². The van der Waals surface area contributed by atoms with Gasteiger partial charge in [0.25, 0.3) is 0 Å². The van der Waals surface area contributed by atoms with E-state index in [4.69, 9.17) is 4.74 Å². The lowest BCUT2D eigenvalue weighted by atomic mass is 9.95. The molecule has 1 aromatic carbocycles. The number of rotatable bonds is 9. The van der Waals surface area contributed by atoms with Crippen LogP contribution in [0.2, 0.25) is 0 Å². The van der Waals surface area contributed by atoms with Gasteiger partial charge in [-0.15, -0.1) is 0 Å². The van der Waals surface area contributed by atoms with Crippen molar-refractivity contribution < 1.29 is 9.53 Å². The SMILES string of the molecule is CCC(CC)C(=O)N1CCC[C@H](COc2cccc(CN(C)C3CCN(C)CC3)c2)C1. The average Bonchev–Trinajstić information content (AvgIpc) is 2.79. The van der Waals surface area contributed by atoms with Crippen LogP contribution in [0.4, 0.5) is 0 Å². The first kappa shape index (κ1) is 24.1. The van der Waals surface area contributed by atoms with Crippen LogP contribution >= 0.6 is 0 Å². The summed E-state index contributed by atoms with van der Waals surface area (Å²) in [6, 6.07) is 9.24. The van der Waals surface area contributed by atoms with E-state index in [2.05, 4.69) is 66.9 Å². The van der Waals surface area contributed by atoms with E-state index in [9.17, 15) is 4.79 Å². The molecule has 0 radical (unpaired) electrons. The second-order valence-corrected chi connectivity index (χ2v) is 9.71. The highest BCUT2D eigenvalue weighted by atomic mass is 16.5. The summed E-state index contributed by atoms with van der Waals surface area (Å²) >= 11 is 0. The van der Waals surface area contributed by atoms with Crippen LogP contribution in [0.25, 0.3) is 0 Å². The Morgan fingerprint density at radius 3 is 2.61 bits per heavy atom. The van der Waals surface area contributed by atoms with Gasteiger partial charge >= 0.3 is 0 Å². The molecule has 5 heteroatoms. The summed E-state index contributed by atoms with van der Waals surface area (Å²) in [5.41, 5.74) is 1.31. The number of carbonyl (C=O) groups excluding carboxylic acids is 1. The van der Waals surface area contributed by atoms with Crippen molar-refractivity contribution in [3.63, 3.8) is 0 Å². The number of likely N-dealkylation sites (tertiary alicyclic amines) is 2. The lowest BCUT2D eigenvalue weighted by Gasteiger charge is -2.35. The molecule has 1 amide bonds. The predicted molar refractivity (Wildman–Crippen MR) is 127 cm³/mol. The molecule has 2 saturated heterocycles. The average molecular weight is 430 g/mol. The Hall–Kier alpha value is -1.59. The van der Waals surface area contributed by atoms with E-state index in [1.807, 2.05) is 0 Å². The highest BCUT2D eigenvalue weighted by molar-refractivity contribution is 5.78. The number of nitrogens with zero attached hydrogens (tertiary/aromatic N) is 3. The van der Waals surface area contributed by atoms with E-state index in [-0.39, 0.29) is 5.92 Å². The van der Waals surface area contributed by atoms with Crippen molar-refractivity contribution in [2.45, 2.75) is 65.0 Å². The zero-order valence-corrected chi connectivity index (χ0v) is 20.2. The normalized spacial score (nSPS) is 21.1. The second-order valence-electron chi connectivity index (χ2n) is 9.71. The third-order valence-corrected chi connectivity index (χ3v) is 7.29. The van der Waals surface area contributed by atoms with Gasteiger partial charge in [-0.2, -0.15) is 0 Å². The molecule has 2 aliphatic rings. The summed E-state index contributed by atoms with van der Waals surface area (Å²) in [6.07, 6.45) is 6.60. The van der Waals surface area contributed by atoms with Gasteiger partial charge in [0.1, 0.15) is 5.75 Å². The minimum Gasteiger partial charge on any atom is -0.493 e. The Labute approximate surface area is 189 Å². The van der Waals surface area contributed by atoms with Gasteiger partial charge < -0.3 is 14.5 Å². The van der Waals surface area contributed by atoms with Crippen molar-refractivity contribution in [3.05, 3.63) is 29.8 Å². The molecule has 0 unspecified atom stereocenters. The fourth-order valence-electron chi connectivity index (χ4n) is 5.10. The topological polar surface area (TPSA) is 36.0 Å². The number of benzene rings is 1. The molecule has 31 heavy (non-hydrogen) atoms. The van der Waals surface area contributed by atoms with Gasteiger partial charge in [-0.3, -0.25) is 9.69 Å². The molecular formula is C26H43N3O2. The van der Waals surface area contributed by atoms with Crippen LogP contribution in [-0.4, -0.2) is 73.5 Å². The summed E-state index contributed by atoms with van der Waals surface area (Å²) in [6.45, 7) is 10.0. The van der Waals surface area contributed by atoms with Gasteiger partial charge in [0.05, 0.1) is 6.61 Å². The molecule has 0 saturated carbocycles. The molecule has 0 bridgehead atoms. The molecule has 0 aromatic heterocycles. The Balaban J connectivity index is 1.49. The van der Waals surface area contributed by atoms with E-state index in [0.717, 1.165) is 51.1 Å². The van der Waals surface area contributed by atoms with Crippen LogP contribution in [0, 0.1) is 11.8 Å². The van der Waals surface area contributed by atoms with Crippen LogP contribution in [-0.2, 0) is 11.3 Å². The molecule has 0 N–H and O–H groups in total. The Bertz CT molecular complexity index is 683. The number of hydrogen-bond donors (Lipinski definition) is 0. The van der Waals surface area contributed by atoms with Crippen LogP contribution in [0.3, 0.4) is 0 Å². The Morgan fingerprint density at radius 2 is 1.90 bits per heavy atom. The minimum atomic E-state index is 0.179. The van der Waals surface area contributed by atoms with Crippen molar-refractivity contribution in [1.82, 2.24) is 14.7 Å².